The second-order valence-corrected chi connectivity index (χ2v) is 4.90. The number of hydrogen-bond acceptors (Lipinski definition) is 2. The minimum Gasteiger partial charge on any atom is -0.493 e. The first-order chi connectivity index (χ1) is 8.75. The molecule has 0 aromatic heterocycles. The summed E-state index contributed by atoms with van der Waals surface area (Å²) in [6, 6.07) is 16.6. The van der Waals surface area contributed by atoms with Gasteiger partial charge in [-0.2, -0.15) is 0 Å². The molecule has 1 heterocycles. The summed E-state index contributed by atoms with van der Waals surface area (Å²) in [6.07, 6.45) is 0. The van der Waals surface area contributed by atoms with Crippen molar-refractivity contribution in [1.29, 1.82) is 0 Å². The standard InChI is InChI=1S/C16H17NO/c1-11-5-4-6-12(9-11)16(17)14-10-18-15-8-3-2-7-13(14)15/h2-9,14,16H,10,17H2,1H3. The summed E-state index contributed by atoms with van der Waals surface area (Å²) in [5, 5.41) is 0. The van der Waals surface area contributed by atoms with E-state index in [0.717, 1.165) is 5.75 Å². The molecule has 2 heteroatoms. The van der Waals surface area contributed by atoms with Gasteiger partial charge in [0.25, 0.3) is 0 Å². The zero-order valence-electron chi connectivity index (χ0n) is 10.5. The molecular formula is C16H17NO. The Morgan fingerprint density at radius 1 is 1.17 bits per heavy atom. The highest BCUT2D eigenvalue weighted by atomic mass is 16.5. The molecule has 2 nitrogen and oxygen atoms in total. The maximum Gasteiger partial charge on any atom is 0.122 e. The van der Waals surface area contributed by atoms with E-state index in [4.69, 9.17) is 10.5 Å². The molecule has 3 rings (SSSR count). The van der Waals surface area contributed by atoms with Crippen LogP contribution in [0.2, 0.25) is 0 Å². The summed E-state index contributed by atoms with van der Waals surface area (Å²) in [4.78, 5) is 0. The van der Waals surface area contributed by atoms with Gasteiger partial charge >= 0.3 is 0 Å². The Morgan fingerprint density at radius 3 is 2.83 bits per heavy atom. The Kier molecular flexibility index (Phi) is 2.80. The van der Waals surface area contributed by atoms with Crippen LogP contribution in [0.3, 0.4) is 0 Å². The van der Waals surface area contributed by atoms with E-state index in [1.807, 2.05) is 18.2 Å². The van der Waals surface area contributed by atoms with Crippen LogP contribution in [0.1, 0.15) is 28.7 Å². The van der Waals surface area contributed by atoms with Crippen molar-refractivity contribution in [2.75, 3.05) is 6.61 Å². The topological polar surface area (TPSA) is 35.2 Å². The van der Waals surface area contributed by atoms with Gasteiger partial charge in [0.1, 0.15) is 5.75 Å². The molecule has 1 aliphatic rings. The molecule has 0 fully saturated rings. The van der Waals surface area contributed by atoms with E-state index >= 15 is 0 Å². The van der Waals surface area contributed by atoms with Gasteiger partial charge in [-0.05, 0) is 18.6 Å². The van der Waals surface area contributed by atoms with E-state index in [-0.39, 0.29) is 12.0 Å². The van der Waals surface area contributed by atoms with Crippen molar-refractivity contribution in [1.82, 2.24) is 0 Å². The highest BCUT2D eigenvalue weighted by molar-refractivity contribution is 5.42. The zero-order chi connectivity index (χ0) is 12.5. The van der Waals surface area contributed by atoms with E-state index in [1.165, 1.54) is 16.7 Å². The van der Waals surface area contributed by atoms with Gasteiger partial charge in [-0.25, -0.2) is 0 Å². The predicted octanol–water partition coefficient (Wildman–Crippen LogP) is 3.17. The third-order valence-corrected chi connectivity index (χ3v) is 3.60. The average Bonchev–Trinajstić information content (AvgIpc) is 2.82. The monoisotopic (exact) mass is 239 g/mol. The Morgan fingerprint density at radius 2 is 2.00 bits per heavy atom. The first-order valence-corrected chi connectivity index (χ1v) is 6.29. The molecule has 2 atom stereocenters. The summed E-state index contributed by atoms with van der Waals surface area (Å²) in [7, 11) is 0. The number of hydrogen-bond donors (Lipinski definition) is 1. The maximum absolute atomic E-state index is 6.40. The first kappa shape index (κ1) is 11.3. The van der Waals surface area contributed by atoms with Crippen LogP contribution in [0.4, 0.5) is 0 Å². The lowest BCUT2D eigenvalue weighted by Gasteiger charge is -2.19. The second-order valence-electron chi connectivity index (χ2n) is 4.90. The van der Waals surface area contributed by atoms with Gasteiger partial charge in [-0.3, -0.25) is 0 Å². The Bertz CT molecular complexity index is 565. The number of nitrogens with two attached hydrogens (primary N) is 1. The third kappa shape index (κ3) is 1.89. The summed E-state index contributed by atoms with van der Waals surface area (Å²) < 4.78 is 5.70. The number of rotatable bonds is 2. The van der Waals surface area contributed by atoms with E-state index in [9.17, 15) is 0 Å². The van der Waals surface area contributed by atoms with E-state index in [0.29, 0.717) is 6.61 Å². The van der Waals surface area contributed by atoms with E-state index in [2.05, 4.69) is 37.3 Å². The highest BCUT2D eigenvalue weighted by Crippen LogP contribution is 2.39. The summed E-state index contributed by atoms with van der Waals surface area (Å²) in [5.41, 5.74) is 10.1. The molecule has 0 bridgehead atoms. The molecule has 2 N–H and O–H groups in total. The lowest BCUT2D eigenvalue weighted by atomic mass is 9.89. The summed E-state index contributed by atoms with van der Waals surface area (Å²) in [5.74, 6) is 1.23. The Labute approximate surface area is 107 Å². The second kappa shape index (κ2) is 4.46. The number of benzene rings is 2. The molecule has 2 unspecified atom stereocenters. The number of ether oxygens (including phenoxy) is 1. The quantitative estimate of drug-likeness (QED) is 0.873. The predicted molar refractivity (Wildman–Crippen MR) is 72.8 cm³/mol. The van der Waals surface area contributed by atoms with Crippen LogP contribution < -0.4 is 10.5 Å². The van der Waals surface area contributed by atoms with Crippen LogP contribution in [-0.2, 0) is 0 Å². The maximum atomic E-state index is 6.40. The van der Waals surface area contributed by atoms with Gasteiger partial charge in [0, 0.05) is 17.5 Å². The average molecular weight is 239 g/mol. The molecular weight excluding hydrogens is 222 g/mol. The van der Waals surface area contributed by atoms with Gasteiger partial charge in [0.2, 0.25) is 0 Å². The van der Waals surface area contributed by atoms with Gasteiger partial charge in [0.05, 0.1) is 6.61 Å². The van der Waals surface area contributed by atoms with Crippen LogP contribution in [0.25, 0.3) is 0 Å². The Balaban J connectivity index is 1.93. The molecule has 2 aromatic carbocycles. The van der Waals surface area contributed by atoms with Gasteiger partial charge in [-0.15, -0.1) is 0 Å². The van der Waals surface area contributed by atoms with E-state index < -0.39 is 0 Å². The SMILES string of the molecule is Cc1cccc(C(N)C2COc3ccccc32)c1. The molecule has 0 spiro atoms. The lowest BCUT2D eigenvalue weighted by Crippen LogP contribution is -2.21. The van der Waals surface area contributed by atoms with Crippen molar-refractivity contribution >= 4 is 0 Å². The number of aryl methyl sites for hydroxylation is 1. The van der Waals surface area contributed by atoms with Gasteiger partial charge < -0.3 is 10.5 Å². The van der Waals surface area contributed by atoms with Crippen molar-refractivity contribution in [3.05, 3.63) is 65.2 Å². The molecule has 0 saturated heterocycles. The van der Waals surface area contributed by atoms with Crippen molar-refractivity contribution in [3.8, 4) is 5.75 Å². The summed E-state index contributed by atoms with van der Waals surface area (Å²) >= 11 is 0. The molecule has 2 aromatic rings. The van der Waals surface area contributed by atoms with Crippen LogP contribution >= 0.6 is 0 Å². The molecule has 1 aliphatic heterocycles. The normalized spacial score (nSPS) is 19.1. The van der Waals surface area contributed by atoms with Crippen LogP contribution in [0.15, 0.2) is 48.5 Å². The fourth-order valence-electron chi connectivity index (χ4n) is 2.59. The van der Waals surface area contributed by atoms with Gasteiger partial charge in [0.15, 0.2) is 0 Å². The van der Waals surface area contributed by atoms with Crippen molar-refractivity contribution < 1.29 is 4.74 Å². The van der Waals surface area contributed by atoms with Crippen LogP contribution in [0.5, 0.6) is 5.75 Å². The fraction of sp³-hybridized carbons (Fsp3) is 0.250. The van der Waals surface area contributed by atoms with Crippen LogP contribution in [0, 0.1) is 6.92 Å². The zero-order valence-corrected chi connectivity index (χ0v) is 10.5. The largest absolute Gasteiger partial charge is 0.493 e. The number of fused-ring (bicyclic) bond motifs is 1. The Hall–Kier alpha value is -1.80. The lowest BCUT2D eigenvalue weighted by molar-refractivity contribution is 0.315. The van der Waals surface area contributed by atoms with Crippen molar-refractivity contribution in [3.63, 3.8) is 0 Å². The molecule has 0 saturated carbocycles. The number of para-hydroxylation sites is 1. The van der Waals surface area contributed by atoms with Gasteiger partial charge in [-0.1, -0.05) is 48.0 Å². The van der Waals surface area contributed by atoms with Crippen molar-refractivity contribution in [2.45, 2.75) is 18.9 Å². The smallest absolute Gasteiger partial charge is 0.122 e. The molecule has 0 radical (unpaired) electrons. The third-order valence-electron chi connectivity index (χ3n) is 3.60. The molecule has 92 valence electrons. The minimum absolute atomic E-state index is 0.00597. The fourth-order valence-corrected chi connectivity index (χ4v) is 2.59. The van der Waals surface area contributed by atoms with E-state index in [1.54, 1.807) is 0 Å². The molecule has 18 heavy (non-hydrogen) atoms. The summed E-state index contributed by atoms with van der Waals surface area (Å²) in [6.45, 7) is 2.77. The molecule has 0 amide bonds. The van der Waals surface area contributed by atoms with Crippen molar-refractivity contribution in [2.24, 2.45) is 5.73 Å². The molecule has 0 aliphatic carbocycles. The first-order valence-electron chi connectivity index (χ1n) is 6.29. The van der Waals surface area contributed by atoms with Crippen LogP contribution in [-0.4, -0.2) is 6.61 Å². The minimum atomic E-state index is -0.00597. The highest BCUT2D eigenvalue weighted by Gasteiger charge is 2.29.